The molecule has 0 amide bonds. The summed E-state index contributed by atoms with van der Waals surface area (Å²) in [5.74, 6) is -1.28. The summed E-state index contributed by atoms with van der Waals surface area (Å²) in [6.45, 7) is 8.55. The molecule has 3 saturated heterocycles. The highest BCUT2D eigenvalue weighted by atomic mass is 16.8. The Morgan fingerprint density at radius 2 is 1.64 bits per heavy atom. The molecule has 6 nitrogen and oxygen atoms in total. The lowest BCUT2D eigenvalue weighted by atomic mass is 10.1. The Hall–Kier alpha value is -1.02. The van der Waals surface area contributed by atoms with Crippen molar-refractivity contribution >= 4 is 0 Å². The zero-order valence-corrected chi connectivity index (χ0v) is 15.1. The number of rotatable bonds is 4. The van der Waals surface area contributed by atoms with Crippen molar-refractivity contribution in [3.05, 3.63) is 35.9 Å². The molecule has 3 aliphatic rings. The van der Waals surface area contributed by atoms with Crippen LogP contribution in [0, 0.1) is 0 Å². The minimum absolute atomic E-state index is 0.203. The highest BCUT2D eigenvalue weighted by Gasteiger charge is 2.59. The molecule has 0 spiro atoms. The van der Waals surface area contributed by atoms with Crippen molar-refractivity contribution in [3.8, 4) is 0 Å². The summed E-state index contributed by atoms with van der Waals surface area (Å²) in [6, 6.07) is 10.0. The molecule has 1 aromatic rings. The van der Waals surface area contributed by atoms with Gasteiger partial charge in [0.05, 0.1) is 13.2 Å². The Morgan fingerprint density at radius 1 is 0.920 bits per heavy atom. The fourth-order valence-electron chi connectivity index (χ4n) is 3.65. The second-order valence-corrected chi connectivity index (χ2v) is 7.70. The first-order valence-corrected chi connectivity index (χ1v) is 8.81. The normalized spacial score (nSPS) is 38.8. The highest BCUT2D eigenvalue weighted by Crippen LogP contribution is 2.42. The quantitative estimate of drug-likeness (QED) is 0.832. The van der Waals surface area contributed by atoms with Gasteiger partial charge in [0.1, 0.15) is 24.4 Å². The summed E-state index contributed by atoms with van der Waals surface area (Å²) in [5, 5.41) is 0. The van der Waals surface area contributed by atoms with Gasteiger partial charge < -0.3 is 28.4 Å². The average molecular weight is 350 g/mol. The van der Waals surface area contributed by atoms with E-state index in [-0.39, 0.29) is 24.4 Å². The maximum atomic E-state index is 6.14. The molecule has 0 bridgehead atoms. The van der Waals surface area contributed by atoms with Crippen molar-refractivity contribution in [2.45, 2.75) is 76.6 Å². The number of fused-ring (bicyclic) bond motifs is 1. The van der Waals surface area contributed by atoms with Gasteiger partial charge in [-0.3, -0.25) is 0 Å². The molecule has 3 heterocycles. The first-order valence-electron chi connectivity index (χ1n) is 8.81. The lowest BCUT2D eigenvalue weighted by Gasteiger charge is -2.27. The minimum atomic E-state index is -0.666. The van der Waals surface area contributed by atoms with Crippen LogP contribution >= 0.6 is 0 Å². The van der Waals surface area contributed by atoms with E-state index in [1.807, 2.05) is 58.0 Å². The van der Waals surface area contributed by atoms with E-state index in [2.05, 4.69) is 0 Å². The van der Waals surface area contributed by atoms with Gasteiger partial charge in [-0.15, -0.1) is 0 Å². The SMILES string of the molecule is CC1(C)O[C@@H]2[C@@H](O1)[C@@H](OCc1ccccc1)O[C@@H]2[C@@H]1COC(C)(C)O1. The number of benzene rings is 1. The van der Waals surface area contributed by atoms with Crippen molar-refractivity contribution in [2.75, 3.05) is 6.61 Å². The van der Waals surface area contributed by atoms with Gasteiger partial charge in [0.2, 0.25) is 0 Å². The van der Waals surface area contributed by atoms with Crippen molar-refractivity contribution in [2.24, 2.45) is 0 Å². The van der Waals surface area contributed by atoms with Crippen LogP contribution in [0.5, 0.6) is 0 Å². The summed E-state index contributed by atoms with van der Waals surface area (Å²) in [7, 11) is 0. The van der Waals surface area contributed by atoms with Gasteiger partial charge in [0.25, 0.3) is 0 Å². The molecule has 0 N–H and O–H groups in total. The Balaban J connectivity index is 1.47. The van der Waals surface area contributed by atoms with Gasteiger partial charge in [-0.05, 0) is 33.3 Å². The van der Waals surface area contributed by atoms with Crippen molar-refractivity contribution in [1.29, 1.82) is 0 Å². The lowest BCUT2D eigenvalue weighted by Crippen LogP contribution is -2.40. The van der Waals surface area contributed by atoms with Crippen LogP contribution in [-0.2, 0) is 35.0 Å². The van der Waals surface area contributed by atoms with E-state index >= 15 is 0 Å². The molecular weight excluding hydrogens is 324 g/mol. The van der Waals surface area contributed by atoms with Gasteiger partial charge in [-0.1, -0.05) is 30.3 Å². The van der Waals surface area contributed by atoms with Crippen LogP contribution in [0.25, 0.3) is 0 Å². The van der Waals surface area contributed by atoms with Gasteiger partial charge in [-0.25, -0.2) is 0 Å². The Kier molecular flexibility index (Phi) is 4.38. The molecule has 1 aromatic carbocycles. The summed E-state index contributed by atoms with van der Waals surface area (Å²) in [4.78, 5) is 0. The monoisotopic (exact) mass is 350 g/mol. The molecule has 138 valence electrons. The molecular formula is C19H26O6. The van der Waals surface area contributed by atoms with E-state index in [1.54, 1.807) is 0 Å². The Labute approximate surface area is 148 Å². The average Bonchev–Trinajstić information content (AvgIpc) is 3.17. The summed E-state index contributed by atoms with van der Waals surface area (Å²) in [5.41, 5.74) is 1.09. The molecule has 0 aromatic heterocycles. The van der Waals surface area contributed by atoms with Crippen LogP contribution in [0.4, 0.5) is 0 Å². The fraction of sp³-hybridized carbons (Fsp3) is 0.684. The van der Waals surface area contributed by atoms with Crippen molar-refractivity contribution < 1.29 is 28.4 Å². The Bertz CT molecular complexity index is 601. The van der Waals surface area contributed by atoms with Gasteiger partial charge >= 0.3 is 0 Å². The molecule has 25 heavy (non-hydrogen) atoms. The molecule has 0 saturated carbocycles. The molecule has 4 rings (SSSR count). The zero-order valence-electron chi connectivity index (χ0n) is 15.1. The third-order valence-corrected chi connectivity index (χ3v) is 4.70. The van der Waals surface area contributed by atoms with E-state index < -0.39 is 17.9 Å². The van der Waals surface area contributed by atoms with Gasteiger partial charge in [-0.2, -0.15) is 0 Å². The number of ether oxygens (including phenoxy) is 6. The molecule has 0 aliphatic carbocycles. The topological polar surface area (TPSA) is 55.4 Å². The molecule has 0 unspecified atom stereocenters. The van der Waals surface area contributed by atoms with E-state index in [1.165, 1.54) is 0 Å². The summed E-state index contributed by atoms with van der Waals surface area (Å²) >= 11 is 0. The van der Waals surface area contributed by atoms with Gasteiger partial charge in [0, 0.05) is 0 Å². The summed E-state index contributed by atoms with van der Waals surface area (Å²) < 4.78 is 36.0. The van der Waals surface area contributed by atoms with Crippen LogP contribution in [0.2, 0.25) is 0 Å². The fourth-order valence-corrected chi connectivity index (χ4v) is 3.65. The maximum Gasteiger partial charge on any atom is 0.187 e. The summed E-state index contributed by atoms with van der Waals surface area (Å²) in [6.07, 6.45) is -1.50. The third-order valence-electron chi connectivity index (χ3n) is 4.70. The van der Waals surface area contributed by atoms with Crippen LogP contribution in [0.1, 0.15) is 33.3 Å². The standard InChI is InChI=1S/C19H26O6/c1-18(2)21-11-13(23-18)14-15-16(25-19(3,4)24-15)17(22-14)20-10-12-8-6-5-7-9-12/h5-9,13-17H,10-11H2,1-4H3/t13-,14+,15-,16+,17-/m0/s1. The van der Waals surface area contributed by atoms with Crippen LogP contribution in [-0.4, -0.2) is 48.9 Å². The van der Waals surface area contributed by atoms with E-state index in [0.29, 0.717) is 13.2 Å². The number of hydrogen-bond donors (Lipinski definition) is 0. The molecule has 3 aliphatic heterocycles. The van der Waals surface area contributed by atoms with Crippen LogP contribution < -0.4 is 0 Å². The number of hydrogen-bond acceptors (Lipinski definition) is 6. The van der Waals surface area contributed by atoms with E-state index in [4.69, 9.17) is 28.4 Å². The Morgan fingerprint density at radius 3 is 2.32 bits per heavy atom. The zero-order chi connectivity index (χ0) is 17.7. The van der Waals surface area contributed by atoms with Gasteiger partial charge in [0.15, 0.2) is 17.9 Å². The molecule has 6 heteroatoms. The third kappa shape index (κ3) is 3.60. The molecule has 5 atom stereocenters. The van der Waals surface area contributed by atoms with Crippen molar-refractivity contribution in [1.82, 2.24) is 0 Å². The second kappa shape index (κ2) is 6.30. The second-order valence-electron chi connectivity index (χ2n) is 7.70. The van der Waals surface area contributed by atoms with Crippen LogP contribution in [0.15, 0.2) is 30.3 Å². The first kappa shape index (κ1) is 17.4. The molecule has 0 radical (unpaired) electrons. The first-order chi connectivity index (χ1) is 11.8. The largest absolute Gasteiger partial charge is 0.348 e. The smallest absolute Gasteiger partial charge is 0.187 e. The van der Waals surface area contributed by atoms with Crippen LogP contribution in [0.3, 0.4) is 0 Å². The maximum absolute atomic E-state index is 6.14. The highest BCUT2D eigenvalue weighted by molar-refractivity contribution is 5.13. The minimum Gasteiger partial charge on any atom is -0.348 e. The lowest BCUT2D eigenvalue weighted by molar-refractivity contribution is -0.250. The van der Waals surface area contributed by atoms with E-state index in [9.17, 15) is 0 Å². The van der Waals surface area contributed by atoms with E-state index in [0.717, 1.165) is 5.56 Å². The predicted octanol–water partition coefficient (Wildman–Crippen LogP) is 2.60. The predicted molar refractivity (Wildman–Crippen MR) is 88.6 cm³/mol. The van der Waals surface area contributed by atoms with Crippen molar-refractivity contribution in [3.63, 3.8) is 0 Å². The molecule has 3 fully saturated rings.